The minimum atomic E-state index is -0.0578. The lowest BCUT2D eigenvalue weighted by molar-refractivity contribution is -0.870. The highest BCUT2D eigenvalue weighted by atomic mass is 127. The molecule has 0 bridgehead atoms. The molecule has 0 aliphatic heterocycles. The van der Waals surface area contributed by atoms with Crippen molar-refractivity contribution in [1.82, 2.24) is 5.32 Å². The summed E-state index contributed by atoms with van der Waals surface area (Å²) in [5.74, 6) is 1.14. The monoisotopic (exact) mass is 434 g/mol. The third kappa shape index (κ3) is 9.15. The molecule has 0 saturated heterocycles. The van der Waals surface area contributed by atoms with E-state index >= 15 is 0 Å². The highest BCUT2D eigenvalue weighted by molar-refractivity contribution is 5.77. The third-order valence-corrected chi connectivity index (χ3v) is 3.48. The molecule has 0 unspecified atom stereocenters. The van der Waals surface area contributed by atoms with Gasteiger partial charge in [0, 0.05) is 13.0 Å². The summed E-state index contributed by atoms with van der Waals surface area (Å²) in [5.41, 5.74) is 2.28. The van der Waals surface area contributed by atoms with Crippen molar-refractivity contribution in [2.24, 2.45) is 0 Å². The zero-order chi connectivity index (χ0) is 16.8. The maximum atomic E-state index is 11.9. The molecule has 1 rings (SSSR count). The Morgan fingerprint density at radius 1 is 1.26 bits per heavy atom. The molecule has 0 aliphatic rings. The molecular weight excluding hydrogens is 403 g/mol. The summed E-state index contributed by atoms with van der Waals surface area (Å²) in [6, 6.07) is 6.15. The summed E-state index contributed by atoms with van der Waals surface area (Å²) in [6.45, 7) is 8.10. The molecule has 0 heterocycles. The molecule has 0 atom stereocenters. The molecule has 5 heteroatoms. The molecule has 0 spiro atoms. The number of amides is 1. The lowest BCUT2D eigenvalue weighted by atomic mass is 10.0. The Kier molecular flexibility index (Phi) is 9.77. The normalized spacial score (nSPS) is 11.1. The standard InChI is InChI=1S/C18H30N2O2.HI/c1-14(2)16-9-8-15(3)12-17(16)22-13-18(21)19-10-7-11-20(4,5)6;/h8-9,12,14H,7,10-11,13H2,1-6H3;1H. The van der Waals surface area contributed by atoms with Gasteiger partial charge in [-0.25, -0.2) is 0 Å². The van der Waals surface area contributed by atoms with E-state index < -0.39 is 0 Å². The summed E-state index contributed by atoms with van der Waals surface area (Å²) in [6.07, 6.45) is 0.969. The van der Waals surface area contributed by atoms with Gasteiger partial charge in [0.2, 0.25) is 0 Å². The Morgan fingerprint density at radius 2 is 1.91 bits per heavy atom. The van der Waals surface area contributed by atoms with E-state index in [9.17, 15) is 4.79 Å². The van der Waals surface area contributed by atoms with E-state index in [0.29, 0.717) is 12.5 Å². The van der Waals surface area contributed by atoms with Crippen molar-refractivity contribution in [2.45, 2.75) is 33.1 Å². The van der Waals surface area contributed by atoms with Crippen molar-refractivity contribution < 1.29 is 38.0 Å². The highest BCUT2D eigenvalue weighted by Gasteiger charge is 2.11. The van der Waals surface area contributed by atoms with Crippen molar-refractivity contribution in [1.29, 1.82) is 0 Å². The van der Waals surface area contributed by atoms with Crippen LogP contribution in [0.1, 0.15) is 37.3 Å². The van der Waals surface area contributed by atoms with E-state index in [1.54, 1.807) is 0 Å². The fourth-order valence-electron chi connectivity index (χ4n) is 2.22. The van der Waals surface area contributed by atoms with Crippen LogP contribution in [0.4, 0.5) is 0 Å². The number of benzene rings is 1. The molecule has 0 fully saturated rings. The lowest BCUT2D eigenvalue weighted by Gasteiger charge is -2.23. The Morgan fingerprint density at radius 3 is 2.48 bits per heavy atom. The van der Waals surface area contributed by atoms with Crippen molar-refractivity contribution >= 4 is 5.91 Å². The summed E-state index contributed by atoms with van der Waals surface area (Å²) in [5, 5.41) is 2.91. The number of aryl methyl sites for hydroxylation is 1. The zero-order valence-corrected chi connectivity index (χ0v) is 17.4. The zero-order valence-electron chi connectivity index (χ0n) is 15.3. The average Bonchev–Trinajstić information content (AvgIpc) is 2.40. The number of nitrogens with zero attached hydrogens (tertiary/aromatic N) is 1. The van der Waals surface area contributed by atoms with Crippen molar-refractivity contribution in [3.05, 3.63) is 29.3 Å². The Balaban J connectivity index is 0.00000484. The molecule has 0 aliphatic carbocycles. The van der Waals surface area contributed by atoms with Crippen LogP contribution in [0, 0.1) is 6.92 Å². The van der Waals surface area contributed by atoms with Gasteiger partial charge in [0.25, 0.3) is 5.91 Å². The fourth-order valence-corrected chi connectivity index (χ4v) is 2.22. The molecule has 23 heavy (non-hydrogen) atoms. The average molecular weight is 434 g/mol. The van der Waals surface area contributed by atoms with Crippen LogP contribution in [0.5, 0.6) is 5.75 Å². The van der Waals surface area contributed by atoms with Gasteiger partial charge in [-0.1, -0.05) is 26.0 Å². The first-order chi connectivity index (χ1) is 10.2. The molecule has 1 aromatic rings. The number of hydrogen-bond donors (Lipinski definition) is 1. The van der Waals surface area contributed by atoms with Crippen LogP contribution in [0.2, 0.25) is 0 Å². The molecule has 0 radical (unpaired) electrons. The van der Waals surface area contributed by atoms with Gasteiger partial charge in [-0.3, -0.25) is 4.79 Å². The number of halogens is 1. The van der Waals surface area contributed by atoms with Crippen molar-refractivity contribution in [2.75, 3.05) is 40.8 Å². The number of hydrogen-bond acceptors (Lipinski definition) is 2. The highest BCUT2D eigenvalue weighted by Crippen LogP contribution is 2.27. The topological polar surface area (TPSA) is 38.3 Å². The number of carbonyl (C=O) groups is 1. The second-order valence-electron chi connectivity index (χ2n) is 7.20. The lowest BCUT2D eigenvalue weighted by Crippen LogP contribution is -3.00. The van der Waals surface area contributed by atoms with Gasteiger partial charge < -0.3 is 38.5 Å². The molecule has 1 aromatic carbocycles. The molecular formula is C18H31IN2O2. The second-order valence-corrected chi connectivity index (χ2v) is 7.20. The van der Waals surface area contributed by atoms with E-state index in [1.807, 2.05) is 13.0 Å². The number of nitrogens with one attached hydrogen (secondary N) is 1. The number of quaternary nitrogens is 1. The summed E-state index contributed by atoms with van der Waals surface area (Å²) >= 11 is 0. The Labute approximate surface area is 158 Å². The first-order valence-corrected chi connectivity index (χ1v) is 7.99. The third-order valence-electron chi connectivity index (χ3n) is 3.48. The van der Waals surface area contributed by atoms with Gasteiger partial charge in [0.05, 0.1) is 27.7 Å². The van der Waals surface area contributed by atoms with Gasteiger partial charge in [-0.15, -0.1) is 0 Å². The minimum Gasteiger partial charge on any atom is -1.00 e. The maximum Gasteiger partial charge on any atom is 0.257 e. The van der Waals surface area contributed by atoms with Crippen molar-refractivity contribution in [3.63, 3.8) is 0 Å². The van der Waals surface area contributed by atoms with Crippen LogP contribution >= 0.6 is 0 Å². The minimum absolute atomic E-state index is 0. The van der Waals surface area contributed by atoms with Crippen LogP contribution in [0.15, 0.2) is 18.2 Å². The fraction of sp³-hybridized carbons (Fsp3) is 0.611. The summed E-state index contributed by atoms with van der Waals surface area (Å²) in [7, 11) is 6.45. The van der Waals surface area contributed by atoms with E-state index in [1.165, 1.54) is 0 Å². The van der Waals surface area contributed by atoms with E-state index in [2.05, 4.69) is 52.4 Å². The molecule has 1 N–H and O–H groups in total. The van der Waals surface area contributed by atoms with Crippen LogP contribution < -0.4 is 34.0 Å². The van der Waals surface area contributed by atoms with Crippen LogP contribution in [-0.2, 0) is 4.79 Å². The summed E-state index contributed by atoms with van der Waals surface area (Å²) in [4.78, 5) is 11.9. The number of carbonyl (C=O) groups excluding carboxylic acids is 1. The van der Waals surface area contributed by atoms with Crippen LogP contribution in [0.3, 0.4) is 0 Å². The molecule has 4 nitrogen and oxygen atoms in total. The van der Waals surface area contributed by atoms with Crippen molar-refractivity contribution in [3.8, 4) is 5.75 Å². The number of rotatable bonds is 8. The molecule has 1 amide bonds. The smallest absolute Gasteiger partial charge is 0.257 e. The van der Waals surface area contributed by atoms with Crippen LogP contribution in [-0.4, -0.2) is 51.2 Å². The van der Waals surface area contributed by atoms with Gasteiger partial charge in [-0.2, -0.15) is 0 Å². The van der Waals surface area contributed by atoms with Gasteiger partial charge in [0.15, 0.2) is 6.61 Å². The van der Waals surface area contributed by atoms with E-state index in [4.69, 9.17) is 4.74 Å². The first-order valence-electron chi connectivity index (χ1n) is 7.99. The predicted octanol–water partition coefficient (Wildman–Crippen LogP) is -0.286. The van der Waals surface area contributed by atoms with E-state index in [0.717, 1.165) is 34.3 Å². The van der Waals surface area contributed by atoms with Gasteiger partial charge >= 0.3 is 0 Å². The SMILES string of the molecule is Cc1ccc(C(C)C)c(OCC(=O)NCCC[N+](C)(C)C)c1.[I-]. The van der Waals surface area contributed by atoms with Gasteiger partial charge in [0.1, 0.15) is 5.75 Å². The largest absolute Gasteiger partial charge is 1.00 e. The Bertz CT molecular complexity index is 496. The second kappa shape index (κ2) is 10.1. The van der Waals surface area contributed by atoms with E-state index in [-0.39, 0.29) is 36.5 Å². The summed E-state index contributed by atoms with van der Waals surface area (Å²) < 4.78 is 6.63. The first kappa shape index (κ1) is 22.2. The molecule has 0 aromatic heterocycles. The molecule has 0 saturated carbocycles. The number of ether oxygens (including phenoxy) is 1. The van der Waals surface area contributed by atoms with Crippen LogP contribution in [0.25, 0.3) is 0 Å². The Hall–Kier alpha value is -0.820. The molecule has 132 valence electrons. The van der Waals surface area contributed by atoms with Gasteiger partial charge in [-0.05, 0) is 30.0 Å². The predicted molar refractivity (Wildman–Crippen MR) is 91.3 cm³/mol. The quantitative estimate of drug-likeness (QED) is 0.347. The maximum absolute atomic E-state index is 11.9.